The fourth-order valence-corrected chi connectivity index (χ4v) is 3.09. The molecule has 104 valence electrons. The van der Waals surface area contributed by atoms with Gasteiger partial charge in [0.1, 0.15) is 0 Å². The predicted octanol–water partition coefficient (Wildman–Crippen LogP) is 4.10. The first-order valence-corrected chi connectivity index (χ1v) is 7.38. The van der Waals surface area contributed by atoms with Crippen molar-refractivity contribution in [3.05, 3.63) is 59.2 Å². The average molecular weight is 266 g/mol. The molecule has 0 bridgehead atoms. The molecule has 3 rings (SSSR count). The van der Waals surface area contributed by atoms with E-state index in [1.165, 1.54) is 40.9 Å². The lowest BCUT2D eigenvalue weighted by molar-refractivity contribution is 0.751. The summed E-state index contributed by atoms with van der Waals surface area (Å²) in [6.07, 6.45) is 2.37. The lowest BCUT2D eigenvalue weighted by atomic mass is 9.97. The highest BCUT2D eigenvalue weighted by atomic mass is 15.1. The van der Waals surface area contributed by atoms with Gasteiger partial charge in [0, 0.05) is 24.0 Å². The van der Waals surface area contributed by atoms with Gasteiger partial charge in [0.15, 0.2) is 0 Å². The van der Waals surface area contributed by atoms with Gasteiger partial charge in [0.05, 0.1) is 0 Å². The Morgan fingerprint density at radius 1 is 1.10 bits per heavy atom. The van der Waals surface area contributed by atoms with Crippen LogP contribution in [0.1, 0.15) is 36.1 Å². The number of aryl methyl sites for hydroxylation is 2. The summed E-state index contributed by atoms with van der Waals surface area (Å²) in [7, 11) is 0. The molecule has 2 aromatic carbocycles. The van der Waals surface area contributed by atoms with Crippen LogP contribution in [0.25, 0.3) is 0 Å². The van der Waals surface area contributed by atoms with E-state index in [9.17, 15) is 0 Å². The SMILES string of the molecule is Cc1ccc2c(c1)CCCN2c1ccccc1C(C)N. The van der Waals surface area contributed by atoms with Gasteiger partial charge in [-0.25, -0.2) is 0 Å². The predicted molar refractivity (Wildman–Crippen MR) is 85.6 cm³/mol. The molecule has 0 spiro atoms. The number of nitrogens with two attached hydrogens (primary N) is 1. The maximum absolute atomic E-state index is 6.14. The van der Waals surface area contributed by atoms with Crippen molar-refractivity contribution in [1.82, 2.24) is 0 Å². The van der Waals surface area contributed by atoms with Gasteiger partial charge in [-0.05, 0) is 49.9 Å². The normalized spacial score (nSPS) is 15.8. The van der Waals surface area contributed by atoms with Crippen LogP contribution in [0.5, 0.6) is 0 Å². The maximum atomic E-state index is 6.14. The van der Waals surface area contributed by atoms with Crippen molar-refractivity contribution < 1.29 is 0 Å². The van der Waals surface area contributed by atoms with Crippen LogP contribution in [-0.4, -0.2) is 6.54 Å². The number of fused-ring (bicyclic) bond motifs is 1. The lowest BCUT2D eigenvalue weighted by Gasteiger charge is -2.33. The van der Waals surface area contributed by atoms with Gasteiger partial charge in [-0.2, -0.15) is 0 Å². The van der Waals surface area contributed by atoms with Crippen LogP contribution in [0, 0.1) is 6.92 Å². The second-order valence-corrected chi connectivity index (χ2v) is 5.73. The Morgan fingerprint density at radius 3 is 2.70 bits per heavy atom. The van der Waals surface area contributed by atoms with E-state index in [-0.39, 0.29) is 6.04 Å². The highest BCUT2D eigenvalue weighted by molar-refractivity contribution is 5.71. The number of nitrogens with zero attached hydrogens (tertiary/aromatic N) is 1. The molecule has 2 N–H and O–H groups in total. The molecular formula is C18H22N2. The summed E-state index contributed by atoms with van der Waals surface area (Å²) in [5.41, 5.74) is 12.8. The van der Waals surface area contributed by atoms with Crippen molar-refractivity contribution in [3.8, 4) is 0 Å². The van der Waals surface area contributed by atoms with E-state index in [0.717, 1.165) is 6.54 Å². The van der Waals surface area contributed by atoms with E-state index in [0.29, 0.717) is 0 Å². The third kappa shape index (κ3) is 2.32. The molecule has 1 atom stereocenters. The molecule has 2 aromatic rings. The Hall–Kier alpha value is -1.80. The van der Waals surface area contributed by atoms with E-state index in [2.05, 4.69) is 61.2 Å². The summed E-state index contributed by atoms with van der Waals surface area (Å²) in [5, 5.41) is 0. The Bertz CT molecular complexity index is 617. The number of para-hydroxylation sites is 1. The van der Waals surface area contributed by atoms with Crippen molar-refractivity contribution in [1.29, 1.82) is 0 Å². The monoisotopic (exact) mass is 266 g/mol. The summed E-state index contributed by atoms with van der Waals surface area (Å²) in [5.74, 6) is 0. The molecule has 0 radical (unpaired) electrons. The lowest BCUT2D eigenvalue weighted by Crippen LogP contribution is -2.26. The highest BCUT2D eigenvalue weighted by Gasteiger charge is 2.20. The quantitative estimate of drug-likeness (QED) is 0.886. The number of benzene rings is 2. The van der Waals surface area contributed by atoms with Crippen molar-refractivity contribution in [2.24, 2.45) is 5.73 Å². The molecule has 0 saturated carbocycles. The van der Waals surface area contributed by atoms with E-state index < -0.39 is 0 Å². The van der Waals surface area contributed by atoms with Gasteiger partial charge in [-0.1, -0.05) is 35.9 Å². The number of anilines is 2. The zero-order valence-corrected chi connectivity index (χ0v) is 12.3. The van der Waals surface area contributed by atoms with E-state index in [1.807, 2.05) is 0 Å². The average Bonchev–Trinajstić information content (AvgIpc) is 2.46. The van der Waals surface area contributed by atoms with Crippen LogP contribution < -0.4 is 10.6 Å². The first-order chi connectivity index (χ1) is 9.66. The molecular weight excluding hydrogens is 244 g/mol. The smallest absolute Gasteiger partial charge is 0.0459 e. The van der Waals surface area contributed by atoms with Crippen molar-refractivity contribution >= 4 is 11.4 Å². The largest absolute Gasteiger partial charge is 0.341 e. The molecule has 1 aliphatic rings. The summed E-state index contributed by atoms with van der Waals surface area (Å²) in [6, 6.07) is 15.3. The van der Waals surface area contributed by atoms with Gasteiger partial charge >= 0.3 is 0 Å². The van der Waals surface area contributed by atoms with Crippen molar-refractivity contribution in [2.45, 2.75) is 32.7 Å². The van der Waals surface area contributed by atoms with E-state index >= 15 is 0 Å². The second-order valence-electron chi connectivity index (χ2n) is 5.73. The molecule has 1 unspecified atom stereocenters. The number of hydrogen-bond acceptors (Lipinski definition) is 2. The van der Waals surface area contributed by atoms with Crippen LogP contribution in [0.2, 0.25) is 0 Å². The minimum absolute atomic E-state index is 0.0574. The fraction of sp³-hybridized carbons (Fsp3) is 0.333. The van der Waals surface area contributed by atoms with Crippen LogP contribution >= 0.6 is 0 Å². The molecule has 0 aromatic heterocycles. The van der Waals surface area contributed by atoms with Crippen LogP contribution in [0.4, 0.5) is 11.4 Å². The topological polar surface area (TPSA) is 29.3 Å². The first kappa shape index (κ1) is 13.2. The number of hydrogen-bond donors (Lipinski definition) is 1. The minimum Gasteiger partial charge on any atom is -0.341 e. The molecule has 2 nitrogen and oxygen atoms in total. The third-order valence-electron chi connectivity index (χ3n) is 4.07. The van der Waals surface area contributed by atoms with Gasteiger partial charge < -0.3 is 10.6 Å². The zero-order chi connectivity index (χ0) is 14.1. The molecule has 20 heavy (non-hydrogen) atoms. The number of rotatable bonds is 2. The molecule has 1 aliphatic heterocycles. The van der Waals surface area contributed by atoms with Gasteiger partial charge in [0.2, 0.25) is 0 Å². The Labute approximate surface area is 121 Å². The van der Waals surface area contributed by atoms with Gasteiger partial charge in [-0.15, -0.1) is 0 Å². The summed E-state index contributed by atoms with van der Waals surface area (Å²) >= 11 is 0. The second kappa shape index (κ2) is 5.29. The standard InChI is InChI=1S/C18H22N2/c1-13-9-10-17-15(12-13)6-5-11-20(17)18-8-4-3-7-16(18)14(2)19/h3-4,7-10,12,14H,5-6,11,19H2,1-2H3. The van der Waals surface area contributed by atoms with Crippen LogP contribution in [0.3, 0.4) is 0 Å². The Morgan fingerprint density at radius 2 is 1.90 bits per heavy atom. The van der Waals surface area contributed by atoms with Crippen LogP contribution in [-0.2, 0) is 6.42 Å². The van der Waals surface area contributed by atoms with E-state index in [4.69, 9.17) is 5.73 Å². The third-order valence-corrected chi connectivity index (χ3v) is 4.07. The summed E-state index contributed by atoms with van der Waals surface area (Å²) in [4.78, 5) is 2.43. The molecule has 0 saturated heterocycles. The summed E-state index contributed by atoms with van der Waals surface area (Å²) < 4.78 is 0. The highest BCUT2D eigenvalue weighted by Crippen LogP contribution is 2.36. The fourth-order valence-electron chi connectivity index (χ4n) is 3.09. The summed E-state index contributed by atoms with van der Waals surface area (Å²) in [6.45, 7) is 5.29. The van der Waals surface area contributed by atoms with E-state index in [1.54, 1.807) is 0 Å². The van der Waals surface area contributed by atoms with Crippen molar-refractivity contribution in [3.63, 3.8) is 0 Å². The maximum Gasteiger partial charge on any atom is 0.0459 e. The van der Waals surface area contributed by atoms with Gasteiger partial charge in [-0.3, -0.25) is 0 Å². The molecule has 2 heteroatoms. The van der Waals surface area contributed by atoms with Crippen molar-refractivity contribution in [2.75, 3.05) is 11.4 Å². The molecule has 0 amide bonds. The van der Waals surface area contributed by atoms with Crippen LogP contribution in [0.15, 0.2) is 42.5 Å². The first-order valence-electron chi connectivity index (χ1n) is 7.38. The van der Waals surface area contributed by atoms with Gasteiger partial charge in [0.25, 0.3) is 0 Å². The molecule has 1 heterocycles. The zero-order valence-electron chi connectivity index (χ0n) is 12.3. The Balaban J connectivity index is 2.09. The molecule has 0 aliphatic carbocycles. The Kier molecular flexibility index (Phi) is 3.49. The minimum atomic E-state index is 0.0574. The molecule has 0 fully saturated rings.